The summed E-state index contributed by atoms with van der Waals surface area (Å²) in [5.41, 5.74) is 0.354. The number of nitrogens with zero attached hydrogens (tertiary/aromatic N) is 3. The van der Waals surface area contributed by atoms with Gasteiger partial charge >= 0.3 is 6.18 Å². The number of pyridine rings is 1. The first kappa shape index (κ1) is 20.7. The van der Waals surface area contributed by atoms with Crippen molar-refractivity contribution in [1.29, 1.82) is 0 Å². The number of aromatic nitrogens is 1. The summed E-state index contributed by atoms with van der Waals surface area (Å²) in [4.78, 5) is 29.4. The Labute approximate surface area is 172 Å². The van der Waals surface area contributed by atoms with Gasteiger partial charge in [0.2, 0.25) is 5.91 Å². The molecule has 1 fully saturated rings. The highest BCUT2D eigenvalue weighted by Gasteiger charge is 2.37. The molecule has 1 saturated heterocycles. The number of likely N-dealkylation sites (N-methyl/N-ethyl adjacent to an activating group) is 1. The SMILES string of the molecule is CN(C)CC(=O)N1CC2CC(C1)c1ccc(-c3cccc(C(F)(F)F)c3)c(=O)n1C2. The van der Waals surface area contributed by atoms with Crippen molar-refractivity contribution in [3.63, 3.8) is 0 Å². The van der Waals surface area contributed by atoms with Gasteiger partial charge in [0.05, 0.1) is 12.1 Å². The number of hydrogen-bond acceptors (Lipinski definition) is 3. The molecule has 0 aliphatic carbocycles. The van der Waals surface area contributed by atoms with Gasteiger partial charge in [-0.25, -0.2) is 0 Å². The van der Waals surface area contributed by atoms with E-state index in [1.807, 2.05) is 30.0 Å². The summed E-state index contributed by atoms with van der Waals surface area (Å²) in [5, 5.41) is 0. The van der Waals surface area contributed by atoms with Crippen molar-refractivity contribution < 1.29 is 18.0 Å². The Balaban J connectivity index is 1.66. The summed E-state index contributed by atoms with van der Waals surface area (Å²) < 4.78 is 40.9. The molecule has 30 heavy (non-hydrogen) atoms. The van der Waals surface area contributed by atoms with Crippen molar-refractivity contribution in [1.82, 2.24) is 14.4 Å². The summed E-state index contributed by atoms with van der Waals surface area (Å²) in [6.45, 7) is 1.98. The lowest BCUT2D eigenvalue weighted by molar-refractivity contribution is -0.137. The Kier molecular flexibility index (Phi) is 5.22. The molecule has 1 aromatic heterocycles. The Hall–Kier alpha value is -2.61. The normalized spacial score (nSPS) is 20.9. The molecule has 0 spiro atoms. The second-order valence-corrected chi connectivity index (χ2v) is 8.50. The van der Waals surface area contributed by atoms with Crippen LogP contribution in [-0.2, 0) is 17.5 Å². The van der Waals surface area contributed by atoms with Crippen molar-refractivity contribution in [2.75, 3.05) is 33.7 Å². The highest BCUT2D eigenvalue weighted by atomic mass is 19.4. The molecule has 160 valence electrons. The Morgan fingerprint density at radius 3 is 2.60 bits per heavy atom. The molecule has 5 nitrogen and oxygen atoms in total. The number of carbonyl (C=O) groups excluding carboxylic acids is 1. The quantitative estimate of drug-likeness (QED) is 0.768. The third-order valence-corrected chi connectivity index (χ3v) is 5.91. The van der Waals surface area contributed by atoms with E-state index in [1.54, 1.807) is 10.6 Å². The van der Waals surface area contributed by atoms with Crippen molar-refractivity contribution in [3.8, 4) is 11.1 Å². The summed E-state index contributed by atoms with van der Waals surface area (Å²) in [6.07, 6.45) is -3.55. The van der Waals surface area contributed by atoms with Crippen LogP contribution in [0.5, 0.6) is 0 Å². The monoisotopic (exact) mass is 419 g/mol. The van der Waals surface area contributed by atoms with Gasteiger partial charge in [0, 0.05) is 36.8 Å². The molecule has 0 saturated carbocycles. The minimum Gasteiger partial charge on any atom is -0.341 e. The second kappa shape index (κ2) is 7.58. The molecule has 4 rings (SSSR count). The fourth-order valence-electron chi connectivity index (χ4n) is 4.60. The third kappa shape index (κ3) is 3.88. The number of carbonyl (C=O) groups is 1. The zero-order chi connectivity index (χ0) is 21.6. The van der Waals surface area contributed by atoms with Crippen LogP contribution in [0.1, 0.15) is 23.6 Å². The van der Waals surface area contributed by atoms with Crippen LogP contribution in [0.25, 0.3) is 11.1 Å². The molecule has 0 radical (unpaired) electrons. The maximum absolute atomic E-state index is 13.2. The summed E-state index contributed by atoms with van der Waals surface area (Å²) in [6, 6.07) is 8.33. The van der Waals surface area contributed by atoms with E-state index in [4.69, 9.17) is 0 Å². The van der Waals surface area contributed by atoms with Gasteiger partial charge in [0.1, 0.15) is 0 Å². The zero-order valence-electron chi connectivity index (χ0n) is 16.9. The summed E-state index contributed by atoms with van der Waals surface area (Å²) in [5.74, 6) is 0.301. The van der Waals surface area contributed by atoms with Gasteiger partial charge in [-0.3, -0.25) is 9.59 Å². The van der Waals surface area contributed by atoms with Crippen molar-refractivity contribution in [2.45, 2.75) is 25.1 Å². The van der Waals surface area contributed by atoms with Gasteiger partial charge in [-0.1, -0.05) is 12.1 Å². The zero-order valence-corrected chi connectivity index (χ0v) is 16.9. The van der Waals surface area contributed by atoms with Crippen LogP contribution >= 0.6 is 0 Å². The lowest BCUT2D eigenvalue weighted by atomic mass is 9.82. The fraction of sp³-hybridized carbons (Fsp3) is 0.455. The smallest absolute Gasteiger partial charge is 0.341 e. The Morgan fingerprint density at radius 2 is 1.90 bits per heavy atom. The molecule has 2 atom stereocenters. The van der Waals surface area contributed by atoms with Gasteiger partial charge in [-0.2, -0.15) is 13.2 Å². The van der Waals surface area contributed by atoms with E-state index in [0.717, 1.165) is 24.2 Å². The van der Waals surface area contributed by atoms with Gasteiger partial charge < -0.3 is 14.4 Å². The molecule has 1 aromatic carbocycles. The molecule has 2 bridgehead atoms. The third-order valence-electron chi connectivity index (χ3n) is 5.91. The van der Waals surface area contributed by atoms with Crippen molar-refractivity contribution in [3.05, 3.63) is 58.0 Å². The maximum atomic E-state index is 13.2. The minimum absolute atomic E-state index is 0.0619. The van der Waals surface area contributed by atoms with Crippen LogP contribution < -0.4 is 5.56 Å². The number of likely N-dealkylation sites (tertiary alicyclic amines) is 1. The van der Waals surface area contributed by atoms with Crippen LogP contribution in [-0.4, -0.2) is 54.0 Å². The predicted molar refractivity (Wildman–Crippen MR) is 107 cm³/mol. The van der Waals surface area contributed by atoms with E-state index in [1.165, 1.54) is 12.1 Å². The Bertz CT molecular complexity index is 1030. The topological polar surface area (TPSA) is 45.6 Å². The molecule has 2 aliphatic rings. The van der Waals surface area contributed by atoms with E-state index >= 15 is 0 Å². The molecule has 2 aromatic rings. The number of benzene rings is 1. The fourth-order valence-corrected chi connectivity index (χ4v) is 4.60. The number of piperidine rings is 1. The van der Waals surface area contributed by atoms with E-state index in [2.05, 4.69) is 0 Å². The molecule has 1 amide bonds. The summed E-state index contributed by atoms with van der Waals surface area (Å²) >= 11 is 0. The van der Waals surface area contributed by atoms with E-state index < -0.39 is 11.7 Å². The number of hydrogen-bond donors (Lipinski definition) is 0. The van der Waals surface area contributed by atoms with Crippen molar-refractivity contribution in [2.24, 2.45) is 5.92 Å². The first-order chi connectivity index (χ1) is 14.1. The maximum Gasteiger partial charge on any atom is 0.416 e. The van der Waals surface area contributed by atoms with E-state index in [-0.39, 0.29) is 34.4 Å². The first-order valence-corrected chi connectivity index (χ1v) is 9.97. The molecule has 3 heterocycles. The average Bonchev–Trinajstić information content (AvgIpc) is 2.67. The van der Waals surface area contributed by atoms with Gasteiger partial charge in [0.25, 0.3) is 5.56 Å². The largest absolute Gasteiger partial charge is 0.416 e. The lowest BCUT2D eigenvalue weighted by Crippen LogP contribution is -2.51. The number of fused-ring (bicyclic) bond motifs is 4. The summed E-state index contributed by atoms with van der Waals surface area (Å²) in [7, 11) is 3.71. The van der Waals surface area contributed by atoms with Crippen LogP contribution in [0.15, 0.2) is 41.2 Å². The highest BCUT2D eigenvalue weighted by Crippen LogP contribution is 2.36. The van der Waals surface area contributed by atoms with Crippen LogP contribution in [0.2, 0.25) is 0 Å². The van der Waals surface area contributed by atoms with Crippen LogP contribution in [0.3, 0.4) is 0 Å². The lowest BCUT2D eigenvalue weighted by Gasteiger charge is -2.43. The standard InChI is InChI=1S/C22H24F3N3O2/c1-26(2)13-20(29)27-10-14-8-16(12-27)19-7-6-18(21(30)28(19)11-14)15-4-3-5-17(9-15)22(23,24)25/h3-7,9,14,16H,8,10-13H2,1-2H3. The second-order valence-electron chi connectivity index (χ2n) is 8.50. The van der Waals surface area contributed by atoms with E-state index in [0.29, 0.717) is 26.2 Å². The molecule has 0 N–H and O–H groups in total. The van der Waals surface area contributed by atoms with Gasteiger partial charge in [-0.05, 0) is 56.3 Å². The van der Waals surface area contributed by atoms with Crippen LogP contribution in [0, 0.1) is 5.92 Å². The molecular weight excluding hydrogens is 395 g/mol. The Morgan fingerprint density at radius 1 is 1.13 bits per heavy atom. The number of rotatable bonds is 3. The first-order valence-electron chi connectivity index (χ1n) is 9.97. The number of halogens is 3. The molecule has 2 aliphatic heterocycles. The molecule has 2 unspecified atom stereocenters. The minimum atomic E-state index is -4.46. The number of alkyl halides is 3. The van der Waals surface area contributed by atoms with Gasteiger partial charge in [-0.15, -0.1) is 0 Å². The molecular formula is C22H24F3N3O2. The van der Waals surface area contributed by atoms with Gasteiger partial charge in [0.15, 0.2) is 0 Å². The van der Waals surface area contributed by atoms with Crippen molar-refractivity contribution >= 4 is 5.91 Å². The van der Waals surface area contributed by atoms with Crippen LogP contribution in [0.4, 0.5) is 13.2 Å². The highest BCUT2D eigenvalue weighted by molar-refractivity contribution is 5.78. The number of amides is 1. The average molecular weight is 419 g/mol. The predicted octanol–water partition coefficient (Wildman–Crippen LogP) is 3.04. The molecule has 8 heteroatoms. The van der Waals surface area contributed by atoms with E-state index in [9.17, 15) is 22.8 Å².